The van der Waals surface area contributed by atoms with E-state index >= 15 is 0 Å². The number of rotatable bonds is 6. The Morgan fingerprint density at radius 3 is 2.25 bits per heavy atom. The molecule has 1 aliphatic carbocycles. The van der Waals surface area contributed by atoms with E-state index in [-0.39, 0.29) is 54.8 Å². The number of cyclic esters (lactones) is 1. The molecule has 2 saturated heterocycles. The molecule has 0 radical (unpaired) electrons. The van der Waals surface area contributed by atoms with Crippen molar-refractivity contribution < 1.29 is 63.0 Å². The van der Waals surface area contributed by atoms with Gasteiger partial charge in [0, 0.05) is 58.5 Å². The maximum absolute atomic E-state index is 14.4. The quantitative estimate of drug-likeness (QED) is 0.156. The molecule has 0 aromatic rings. The van der Waals surface area contributed by atoms with Crippen LogP contribution in [0.4, 0.5) is 0 Å². The Kier molecular flexibility index (Phi) is 21.0. The van der Waals surface area contributed by atoms with Crippen molar-refractivity contribution in [1.82, 2.24) is 4.90 Å². The number of piperidine rings is 1. The average Bonchev–Trinajstić information content (AvgIpc) is 3.28. The third-order valence-corrected chi connectivity index (χ3v) is 14.5. The summed E-state index contributed by atoms with van der Waals surface area (Å²) < 4.78 is 29.4. The van der Waals surface area contributed by atoms with Gasteiger partial charge in [-0.2, -0.15) is 0 Å². The monoisotopic (exact) mass is 914 g/mol. The Labute approximate surface area is 387 Å². The maximum atomic E-state index is 14.4. The van der Waals surface area contributed by atoms with Crippen LogP contribution in [0.5, 0.6) is 0 Å². The molecular weight excluding hydrogens is 835 g/mol. The number of ketones is 3. The summed E-state index contributed by atoms with van der Waals surface area (Å²) >= 11 is 0. The Morgan fingerprint density at radius 2 is 1.57 bits per heavy atom. The van der Waals surface area contributed by atoms with Crippen LogP contribution in [-0.2, 0) is 47.7 Å². The molecule has 14 heteroatoms. The fourth-order valence-corrected chi connectivity index (χ4v) is 10.1. The van der Waals surface area contributed by atoms with Gasteiger partial charge < -0.3 is 43.9 Å². The van der Waals surface area contributed by atoms with Crippen LogP contribution in [-0.4, -0.2) is 132 Å². The topological polar surface area (TPSA) is 195 Å². The van der Waals surface area contributed by atoms with E-state index in [0.29, 0.717) is 63.4 Å². The summed E-state index contributed by atoms with van der Waals surface area (Å²) in [7, 11) is 4.52. The molecule has 0 aromatic carbocycles. The molecule has 0 unspecified atom stereocenters. The van der Waals surface area contributed by atoms with E-state index in [0.717, 1.165) is 12.0 Å². The number of Topliss-reactive ketones (excluding diaryl/α,β-unsaturated/α-hetero) is 3. The third-order valence-electron chi connectivity index (χ3n) is 14.5. The first-order chi connectivity index (χ1) is 30.7. The number of carbonyl (C=O) groups is 5. The largest absolute Gasteiger partial charge is 0.460 e. The molecule has 14 nitrogen and oxygen atoms in total. The van der Waals surface area contributed by atoms with Crippen molar-refractivity contribution in [2.75, 3.05) is 27.9 Å². The van der Waals surface area contributed by atoms with E-state index in [1.807, 2.05) is 58.1 Å². The maximum Gasteiger partial charge on any atom is 0.329 e. The van der Waals surface area contributed by atoms with Gasteiger partial charge in [0.15, 0.2) is 5.78 Å². The van der Waals surface area contributed by atoms with Crippen LogP contribution in [0.15, 0.2) is 47.6 Å². The lowest BCUT2D eigenvalue weighted by Gasteiger charge is -2.42. The standard InChI is InChI=1S/C51H79NO13/c1-30-16-12-11-13-17-31(2)42(61-8)28-38-21-19-36(7)51(60,65-38)48(57)49(58)52-23-15-14-18-39(52)50(59)64-43(33(4)26-37-20-22-40(53)44(27-37)62-9)29-41(54)32(3)25-35(6)46(56)47(63-10)45(55)34(5)24-30/h11-13,16-17,25,30,32-34,36-40,42-44,46-47,53,56,60H,14-15,18-24,26-29H2,1-10H3/t30-,32-,33-,34-,36-,37+,38+,39+,40-,42+,43+,44-,46+,47+,51-/m1/s1. The highest BCUT2D eigenvalue weighted by molar-refractivity contribution is 6.39. The summed E-state index contributed by atoms with van der Waals surface area (Å²) in [5.74, 6) is -7.96. The highest BCUT2D eigenvalue weighted by Crippen LogP contribution is 2.38. The molecule has 4 aliphatic rings. The number of allylic oxidation sites excluding steroid dienone is 6. The lowest BCUT2D eigenvalue weighted by Crippen LogP contribution is -2.61. The Morgan fingerprint density at radius 1 is 0.846 bits per heavy atom. The molecule has 65 heavy (non-hydrogen) atoms. The zero-order valence-electron chi connectivity index (χ0n) is 40.6. The van der Waals surface area contributed by atoms with Crippen LogP contribution in [0.2, 0.25) is 0 Å². The number of ether oxygens (including phenoxy) is 5. The Hall–Kier alpha value is -3.37. The van der Waals surface area contributed by atoms with Crippen LogP contribution in [0.3, 0.4) is 0 Å². The minimum absolute atomic E-state index is 0.0193. The van der Waals surface area contributed by atoms with Crippen LogP contribution >= 0.6 is 0 Å². The number of carbonyl (C=O) groups excluding carboxylic acids is 5. The van der Waals surface area contributed by atoms with E-state index in [9.17, 15) is 39.3 Å². The summed E-state index contributed by atoms with van der Waals surface area (Å²) in [6.07, 6.45) is 11.2. The minimum atomic E-state index is -2.43. The number of aliphatic hydroxyl groups is 3. The van der Waals surface area contributed by atoms with E-state index in [2.05, 4.69) is 0 Å². The molecule has 3 heterocycles. The second-order valence-electron chi connectivity index (χ2n) is 19.6. The van der Waals surface area contributed by atoms with Gasteiger partial charge in [0.1, 0.15) is 30.1 Å². The Bertz CT molecular complexity index is 1760. The first-order valence-corrected chi connectivity index (χ1v) is 23.9. The average molecular weight is 914 g/mol. The fourth-order valence-electron chi connectivity index (χ4n) is 10.1. The molecule has 366 valence electrons. The lowest BCUT2D eigenvalue weighted by molar-refractivity contribution is -0.265. The second kappa shape index (κ2) is 25.1. The summed E-state index contributed by atoms with van der Waals surface area (Å²) in [5, 5.41) is 33.8. The van der Waals surface area contributed by atoms with Crippen molar-refractivity contribution in [3.63, 3.8) is 0 Å². The van der Waals surface area contributed by atoms with E-state index in [4.69, 9.17) is 23.7 Å². The number of hydrogen-bond donors (Lipinski definition) is 3. The smallest absolute Gasteiger partial charge is 0.329 e. The van der Waals surface area contributed by atoms with Gasteiger partial charge in [-0.05, 0) is 107 Å². The van der Waals surface area contributed by atoms with E-state index in [1.54, 1.807) is 41.1 Å². The number of nitrogens with zero attached hydrogens (tertiary/aromatic N) is 1. The SMILES string of the molecule is CO[C@H]1C[C@@H]2CC[C@@H](C)[C@@](O)(O2)C(=O)C(=O)N2CCCC[C@H]2C(=O)O[C@H]([C@H](C)C[C@@H]2CC[C@@H](O)[C@H](OC)C2)CC(=O)[C@H](C)C=C(C)[C@H](O)[C@@H](OC)C(=O)[C@H](C)C[C@H](C)C=CC=CC=C1C. The molecule has 3 aliphatic heterocycles. The van der Waals surface area contributed by atoms with Gasteiger partial charge in [-0.15, -0.1) is 0 Å². The highest BCUT2D eigenvalue weighted by atomic mass is 16.6. The molecule has 0 aromatic heterocycles. The summed E-state index contributed by atoms with van der Waals surface area (Å²) in [5.41, 5.74) is 1.27. The van der Waals surface area contributed by atoms with Gasteiger partial charge in [-0.3, -0.25) is 19.2 Å². The molecule has 15 atom stereocenters. The molecule has 3 N–H and O–H groups in total. The number of fused-ring (bicyclic) bond motifs is 3. The summed E-state index contributed by atoms with van der Waals surface area (Å²) in [4.78, 5) is 71.8. The molecule has 1 saturated carbocycles. The molecule has 4 rings (SSSR count). The van der Waals surface area contributed by atoms with Crippen LogP contribution in [0.25, 0.3) is 0 Å². The third kappa shape index (κ3) is 14.3. The molecule has 0 spiro atoms. The second-order valence-corrected chi connectivity index (χ2v) is 19.6. The van der Waals surface area contributed by atoms with Crippen LogP contribution < -0.4 is 0 Å². The van der Waals surface area contributed by atoms with Gasteiger partial charge in [0.05, 0.1) is 24.4 Å². The minimum Gasteiger partial charge on any atom is -0.460 e. The summed E-state index contributed by atoms with van der Waals surface area (Å²) in [6, 6.07) is -1.14. The van der Waals surface area contributed by atoms with Crippen LogP contribution in [0, 0.1) is 35.5 Å². The van der Waals surface area contributed by atoms with Crippen molar-refractivity contribution in [3.05, 3.63) is 47.6 Å². The predicted molar refractivity (Wildman–Crippen MR) is 245 cm³/mol. The van der Waals surface area contributed by atoms with E-state index < -0.39 is 83.9 Å². The van der Waals surface area contributed by atoms with Crippen molar-refractivity contribution in [2.24, 2.45) is 35.5 Å². The fraction of sp³-hybridized carbons (Fsp3) is 0.745. The van der Waals surface area contributed by atoms with Gasteiger partial charge >= 0.3 is 5.97 Å². The first-order valence-electron chi connectivity index (χ1n) is 23.9. The Balaban J connectivity index is 1.70. The van der Waals surface area contributed by atoms with Gasteiger partial charge in [0.25, 0.3) is 11.7 Å². The van der Waals surface area contributed by atoms with Gasteiger partial charge in [-0.25, -0.2) is 4.79 Å². The zero-order valence-corrected chi connectivity index (χ0v) is 40.6. The van der Waals surface area contributed by atoms with Gasteiger partial charge in [-0.1, -0.05) is 71.1 Å². The molecule has 3 fully saturated rings. The normalized spacial score (nSPS) is 37.8. The molecular formula is C51H79NO13. The zero-order chi connectivity index (χ0) is 48.2. The lowest BCUT2D eigenvalue weighted by atomic mass is 9.78. The predicted octanol–water partition coefficient (Wildman–Crippen LogP) is 6.18. The van der Waals surface area contributed by atoms with Gasteiger partial charge in [0.2, 0.25) is 5.79 Å². The number of methoxy groups -OCH3 is 3. The van der Waals surface area contributed by atoms with Crippen molar-refractivity contribution in [1.29, 1.82) is 0 Å². The molecule has 1 amide bonds. The number of aliphatic hydroxyl groups excluding tert-OH is 2. The number of amides is 1. The van der Waals surface area contributed by atoms with Crippen molar-refractivity contribution >= 4 is 29.2 Å². The highest BCUT2D eigenvalue weighted by Gasteiger charge is 2.53. The van der Waals surface area contributed by atoms with Crippen molar-refractivity contribution in [3.8, 4) is 0 Å². The number of hydrogen-bond acceptors (Lipinski definition) is 13. The number of esters is 1. The van der Waals surface area contributed by atoms with E-state index in [1.165, 1.54) is 12.0 Å². The molecule has 2 bridgehead atoms. The van der Waals surface area contributed by atoms with Crippen molar-refractivity contribution in [2.45, 2.75) is 180 Å². The van der Waals surface area contributed by atoms with Crippen LogP contribution in [0.1, 0.15) is 126 Å². The first kappa shape index (κ1) is 54.2. The summed E-state index contributed by atoms with van der Waals surface area (Å²) in [6.45, 7) is 12.7.